The van der Waals surface area contributed by atoms with Crippen molar-refractivity contribution in [1.82, 2.24) is 0 Å². The Balaban J connectivity index is 1.44. The van der Waals surface area contributed by atoms with Gasteiger partial charge in [0.25, 0.3) is 0 Å². The number of hydrogen-bond acceptors (Lipinski definition) is 2. The highest BCUT2D eigenvalue weighted by Gasteiger charge is 2.08. The highest BCUT2D eigenvalue weighted by molar-refractivity contribution is 6.84. The molecule has 0 aliphatic rings. The molecule has 0 fully saturated rings. The molecular formula is C34H50O2Si2. The first-order valence-corrected chi connectivity index (χ1v) is 21.5. The molecule has 0 N–H and O–H groups in total. The lowest BCUT2D eigenvalue weighted by Gasteiger charge is -2.07. The van der Waals surface area contributed by atoms with Gasteiger partial charge in [0.2, 0.25) is 0 Å². The fourth-order valence-electron chi connectivity index (χ4n) is 3.85. The zero-order chi connectivity index (χ0) is 27.7. The van der Waals surface area contributed by atoms with Crippen LogP contribution in [0.5, 0.6) is 0 Å². The lowest BCUT2D eigenvalue weighted by Crippen LogP contribution is -2.16. The smallest absolute Gasteiger partial charge is 0.129 e. The van der Waals surface area contributed by atoms with Gasteiger partial charge in [-0.15, -0.1) is 11.1 Å². The second-order valence-electron chi connectivity index (χ2n) is 12.3. The van der Waals surface area contributed by atoms with E-state index in [4.69, 9.17) is 9.47 Å². The summed E-state index contributed by atoms with van der Waals surface area (Å²) in [6.45, 7) is 16.7. The maximum Gasteiger partial charge on any atom is 0.129 e. The SMILES string of the molecule is C[Si](C)(C)C#Cc1cccc(COCCCCCCCCCCOCc2cccc(C#C[Si](C)(C)C)c2)c1. The van der Waals surface area contributed by atoms with E-state index >= 15 is 0 Å². The average Bonchev–Trinajstić information content (AvgIpc) is 2.86. The molecule has 0 saturated carbocycles. The Kier molecular flexibility index (Phi) is 14.8. The summed E-state index contributed by atoms with van der Waals surface area (Å²) < 4.78 is 11.8. The first kappa shape index (κ1) is 32.1. The minimum absolute atomic E-state index is 0.683. The molecular weight excluding hydrogens is 497 g/mol. The lowest BCUT2D eigenvalue weighted by atomic mass is 10.1. The van der Waals surface area contributed by atoms with Crippen LogP contribution in [-0.2, 0) is 22.7 Å². The largest absolute Gasteiger partial charge is 0.377 e. The molecule has 4 heteroatoms. The number of benzene rings is 2. The molecule has 0 bridgehead atoms. The Morgan fingerprint density at radius 3 is 1.26 bits per heavy atom. The molecule has 2 nitrogen and oxygen atoms in total. The van der Waals surface area contributed by atoms with Gasteiger partial charge in [-0.25, -0.2) is 0 Å². The minimum Gasteiger partial charge on any atom is -0.377 e. The molecule has 0 aromatic heterocycles. The molecule has 0 radical (unpaired) electrons. The van der Waals surface area contributed by atoms with Crippen LogP contribution in [0.4, 0.5) is 0 Å². The first-order valence-electron chi connectivity index (χ1n) is 14.5. The van der Waals surface area contributed by atoms with Gasteiger partial charge in [-0.1, -0.05) is 114 Å². The fraction of sp³-hybridized carbons (Fsp3) is 0.529. The third kappa shape index (κ3) is 16.7. The predicted molar refractivity (Wildman–Crippen MR) is 170 cm³/mol. The van der Waals surface area contributed by atoms with E-state index in [1.807, 2.05) is 0 Å². The van der Waals surface area contributed by atoms with Crippen molar-refractivity contribution in [2.75, 3.05) is 13.2 Å². The summed E-state index contributed by atoms with van der Waals surface area (Å²) in [7, 11) is -2.68. The average molecular weight is 547 g/mol. The van der Waals surface area contributed by atoms with Crippen molar-refractivity contribution >= 4 is 16.1 Å². The van der Waals surface area contributed by atoms with Crippen molar-refractivity contribution in [3.63, 3.8) is 0 Å². The van der Waals surface area contributed by atoms with E-state index < -0.39 is 16.1 Å². The molecule has 0 aliphatic carbocycles. The van der Waals surface area contributed by atoms with Crippen molar-refractivity contribution in [1.29, 1.82) is 0 Å². The van der Waals surface area contributed by atoms with Gasteiger partial charge in [0.15, 0.2) is 0 Å². The summed E-state index contributed by atoms with van der Waals surface area (Å²) in [5, 5.41) is 0. The zero-order valence-corrected chi connectivity index (χ0v) is 26.9. The van der Waals surface area contributed by atoms with Crippen LogP contribution in [-0.4, -0.2) is 29.4 Å². The Morgan fingerprint density at radius 2 is 0.895 bits per heavy atom. The second-order valence-corrected chi connectivity index (χ2v) is 21.8. The zero-order valence-electron chi connectivity index (χ0n) is 24.9. The monoisotopic (exact) mass is 546 g/mol. The molecule has 2 aromatic rings. The Bertz CT molecular complexity index is 984. The van der Waals surface area contributed by atoms with E-state index in [1.54, 1.807) is 0 Å². The maximum atomic E-state index is 5.91. The molecule has 2 aromatic carbocycles. The molecule has 0 aliphatic heterocycles. The van der Waals surface area contributed by atoms with E-state index in [0.29, 0.717) is 13.2 Å². The van der Waals surface area contributed by atoms with Crippen LogP contribution in [0.1, 0.15) is 73.6 Å². The maximum absolute atomic E-state index is 5.91. The Hall–Kier alpha value is -2.09. The molecule has 0 unspecified atom stereocenters. The van der Waals surface area contributed by atoms with Crippen molar-refractivity contribution in [2.45, 2.75) is 104 Å². The van der Waals surface area contributed by atoms with Gasteiger partial charge in [-0.3, -0.25) is 0 Å². The molecule has 0 saturated heterocycles. The van der Waals surface area contributed by atoms with Crippen LogP contribution >= 0.6 is 0 Å². The van der Waals surface area contributed by atoms with E-state index in [9.17, 15) is 0 Å². The first-order chi connectivity index (χ1) is 18.1. The molecule has 0 heterocycles. The lowest BCUT2D eigenvalue weighted by molar-refractivity contribution is 0.116. The predicted octanol–water partition coefficient (Wildman–Crippen LogP) is 9.00. The topological polar surface area (TPSA) is 18.5 Å². The molecule has 206 valence electrons. The third-order valence-electron chi connectivity index (χ3n) is 5.88. The number of rotatable bonds is 15. The van der Waals surface area contributed by atoms with Crippen LogP contribution in [0, 0.1) is 22.9 Å². The van der Waals surface area contributed by atoms with Crippen LogP contribution < -0.4 is 0 Å². The van der Waals surface area contributed by atoms with Gasteiger partial charge >= 0.3 is 0 Å². The van der Waals surface area contributed by atoms with Crippen LogP contribution in [0.2, 0.25) is 39.3 Å². The summed E-state index contributed by atoms with van der Waals surface area (Å²) >= 11 is 0. The second kappa shape index (κ2) is 17.5. The number of hydrogen-bond donors (Lipinski definition) is 0. The van der Waals surface area contributed by atoms with Crippen LogP contribution in [0.15, 0.2) is 48.5 Å². The Labute approximate surface area is 236 Å². The van der Waals surface area contributed by atoms with Gasteiger partial charge in [-0.2, -0.15) is 0 Å². The Morgan fingerprint density at radius 1 is 0.526 bits per heavy atom. The fourth-order valence-corrected chi connectivity index (χ4v) is 4.88. The van der Waals surface area contributed by atoms with Crippen LogP contribution in [0.25, 0.3) is 0 Å². The quantitative estimate of drug-likeness (QED) is 0.126. The van der Waals surface area contributed by atoms with E-state index in [1.165, 1.54) is 49.7 Å². The molecule has 2 rings (SSSR count). The highest BCUT2D eigenvalue weighted by Crippen LogP contribution is 2.12. The molecule has 0 atom stereocenters. The van der Waals surface area contributed by atoms with Gasteiger partial charge < -0.3 is 9.47 Å². The van der Waals surface area contributed by atoms with Gasteiger partial charge in [0.1, 0.15) is 16.1 Å². The highest BCUT2D eigenvalue weighted by atomic mass is 28.3. The van der Waals surface area contributed by atoms with Crippen molar-refractivity contribution in [2.24, 2.45) is 0 Å². The summed E-state index contributed by atoms with van der Waals surface area (Å²) in [4.78, 5) is 0. The van der Waals surface area contributed by atoms with E-state index in [-0.39, 0.29) is 0 Å². The van der Waals surface area contributed by atoms with Gasteiger partial charge in [-0.05, 0) is 48.2 Å². The van der Waals surface area contributed by atoms with E-state index in [0.717, 1.165) is 37.2 Å². The molecule has 0 spiro atoms. The minimum atomic E-state index is -1.34. The normalized spacial score (nSPS) is 11.4. The van der Waals surface area contributed by atoms with Crippen molar-refractivity contribution < 1.29 is 9.47 Å². The summed E-state index contributed by atoms with van der Waals surface area (Å²) in [6.07, 6.45) is 10.1. The van der Waals surface area contributed by atoms with E-state index in [2.05, 4.69) is 111 Å². The van der Waals surface area contributed by atoms with Gasteiger partial charge in [0.05, 0.1) is 13.2 Å². The molecule has 38 heavy (non-hydrogen) atoms. The van der Waals surface area contributed by atoms with Gasteiger partial charge in [0, 0.05) is 24.3 Å². The number of unbranched alkanes of at least 4 members (excludes halogenated alkanes) is 7. The third-order valence-corrected chi connectivity index (χ3v) is 7.63. The summed E-state index contributed by atoms with van der Waals surface area (Å²) in [5.74, 6) is 6.67. The number of ether oxygens (including phenoxy) is 2. The summed E-state index contributed by atoms with van der Waals surface area (Å²) in [5.41, 5.74) is 11.5. The van der Waals surface area contributed by atoms with Crippen LogP contribution in [0.3, 0.4) is 0 Å². The van der Waals surface area contributed by atoms with Crippen molar-refractivity contribution in [3.8, 4) is 22.9 Å². The summed E-state index contributed by atoms with van der Waals surface area (Å²) in [6, 6.07) is 17.0. The van der Waals surface area contributed by atoms with Crippen molar-refractivity contribution in [3.05, 3.63) is 70.8 Å². The molecule has 0 amide bonds. The standard InChI is InChI=1S/C34H50O2Si2/c1-37(2,3)25-21-31-17-15-19-33(27-31)29-35-23-13-11-9-7-8-10-12-14-24-36-30-34-20-16-18-32(28-34)22-26-38(4,5)6/h15-20,27-28H,7-14,23-24,29-30H2,1-6H3.